The lowest BCUT2D eigenvalue weighted by Crippen LogP contribution is -2.25. The van der Waals surface area contributed by atoms with Crippen molar-refractivity contribution in [2.75, 3.05) is 19.8 Å². The second kappa shape index (κ2) is 12.2. The van der Waals surface area contributed by atoms with Crippen LogP contribution in [0.3, 0.4) is 0 Å². The number of allylic oxidation sites excluding steroid dienone is 1. The van der Waals surface area contributed by atoms with Gasteiger partial charge in [-0.15, -0.1) is 0 Å². The first-order valence-electron chi connectivity index (χ1n) is 11.2. The van der Waals surface area contributed by atoms with Crippen LogP contribution in [0, 0.1) is 0 Å². The van der Waals surface area contributed by atoms with E-state index in [9.17, 15) is 14.7 Å². The zero-order valence-electron chi connectivity index (χ0n) is 20.4. The second-order valence-electron chi connectivity index (χ2n) is 8.82. The molecule has 0 spiro atoms. The lowest BCUT2D eigenvalue weighted by molar-refractivity contribution is -0.142. The largest absolute Gasteiger partial charge is 0.493 e. The summed E-state index contributed by atoms with van der Waals surface area (Å²) in [5.74, 6) is 0.769. The van der Waals surface area contributed by atoms with Gasteiger partial charge in [-0.25, -0.2) is 4.79 Å². The molecule has 2 aromatic carbocycles. The molecule has 0 radical (unpaired) electrons. The molecule has 0 saturated heterocycles. The molecule has 1 N–H and O–H groups in total. The molecule has 6 nitrogen and oxygen atoms in total. The fourth-order valence-corrected chi connectivity index (χ4v) is 3.12. The lowest BCUT2D eigenvalue weighted by atomic mass is 9.78. The van der Waals surface area contributed by atoms with Crippen LogP contribution in [0.2, 0.25) is 0 Å². The van der Waals surface area contributed by atoms with Crippen molar-refractivity contribution in [3.8, 4) is 11.5 Å². The highest BCUT2D eigenvalue weighted by Crippen LogP contribution is 2.34. The van der Waals surface area contributed by atoms with Gasteiger partial charge in [-0.2, -0.15) is 0 Å². The molecule has 2 rings (SSSR count). The predicted molar refractivity (Wildman–Crippen MR) is 132 cm³/mol. The second-order valence-corrected chi connectivity index (χ2v) is 8.82. The van der Waals surface area contributed by atoms with Gasteiger partial charge in [-0.1, -0.05) is 51.3 Å². The van der Waals surface area contributed by atoms with Crippen LogP contribution in [0.25, 0.3) is 0 Å². The van der Waals surface area contributed by atoms with Crippen molar-refractivity contribution in [2.24, 2.45) is 0 Å². The van der Waals surface area contributed by atoms with Crippen molar-refractivity contribution in [3.63, 3.8) is 0 Å². The Labute approximate surface area is 201 Å². The molecule has 1 unspecified atom stereocenters. The maximum absolute atomic E-state index is 11.7. The molecule has 6 heteroatoms. The van der Waals surface area contributed by atoms with E-state index >= 15 is 0 Å². The molecule has 0 bridgehead atoms. The molecular formula is C28H34O6. The first-order valence-corrected chi connectivity index (χ1v) is 11.2. The topological polar surface area (TPSA) is 82.1 Å². The maximum atomic E-state index is 11.7. The Hall–Kier alpha value is -3.38. The van der Waals surface area contributed by atoms with Gasteiger partial charge in [0.1, 0.15) is 30.8 Å². The van der Waals surface area contributed by atoms with E-state index in [0.29, 0.717) is 30.1 Å². The number of carbonyl (C=O) groups excluding carboxylic acids is 2. The summed E-state index contributed by atoms with van der Waals surface area (Å²) in [6.45, 7) is 14.8. The van der Waals surface area contributed by atoms with Gasteiger partial charge in [0.15, 0.2) is 5.78 Å². The van der Waals surface area contributed by atoms with Gasteiger partial charge in [0, 0.05) is 17.4 Å². The number of ether oxygens (including phenoxy) is 3. The zero-order chi connectivity index (χ0) is 25.3. The molecule has 0 aliphatic carbocycles. The van der Waals surface area contributed by atoms with Gasteiger partial charge in [0.2, 0.25) is 0 Å². The van der Waals surface area contributed by atoms with Gasteiger partial charge in [0.05, 0.1) is 6.61 Å². The standard InChI is InChI=1S/C28H34O6/c1-19(2)26(30)14-15-32-25-9-7-8-22(16-25)28(5,6)21-10-12-24(13-11-21)33-17-23(29)18-34-27(31)20(3)4/h7-13,16,23,29H,1,3,14-15,17-18H2,2,4-6H3. The van der Waals surface area contributed by atoms with E-state index in [1.807, 2.05) is 48.5 Å². The molecule has 1 atom stereocenters. The molecule has 182 valence electrons. The minimum Gasteiger partial charge on any atom is -0.493 e. The Morgan fingerprint density at radius 2 is 1.59 bits per heavy atom. The van der Waals surface area contributed by atoms with E-state index in [-0.39, 0.29) is 30.0 Å². The fourth-order valence-electron chi connectivity index (χ4n) is 3.12. The Morgan fingerprint density at radius 3 is 2.21 bits per heavy atom. The summed E-state index contributed by atoms with van der Waals surface area (Å²) < 4.78 is 16.3. The summed E-state index contributed by atoms with van der Waals surface area (Å²) in [5.41, 5.74) is 2.65. The number of hydrogen-bond donors (Lipinski definition) is 1. The SMILES string of the molecule is C=C(C)C(=O)CCOc1cccc(C(C)(C)c2ccc(OCC(O)COC(=O)C(=C)C)cc2)c1. The third-order valence-corrected chi connectivity index (χ3v) is 5.40. The highest BCUT2D eigenvalue weighted by Gasteiger charge is 2.24. The van der Waals surface area contributed by atoms with E-state index in [1.165, 1.54) is 0 Å². The van der Waals surface area contributed by atoms with Crippen LogP contribution in [-0.4, -0.2) is 42.8 Å². The zero-order valence-corrected chi connectivity index (χ0v) is 20.4. The molecule has 0 amide bonds. The van der Waals surface area contributed by atoms with Gasteiger partial charge >= 0.3 is 5.97 Å². The van der Waals surface area contributed by atoms with E-state index in [2.05, 4.69) is 27.0 Å². The predicted octanol–water partition coefficient (Wildman–Crippen LogP) is 4.79. The smallest absolute Gasteiger partial charge is 0.333 e. The number of Topliss-reactive ketones (excluding diaryl/α,β-unsaturated/α-hetero) is 1. The number of esters is 1. The van der Waals surface area contributed by atoms with Crippen molar-refractivity contribution in [1.82, 2.24) is 0 Å². The minimum atomic E-state index is -0.937. The quantitative estimate of drug-likeness (QED) is 0.338. The van der Waals surface area contributed by atoms with Crippen molar-refractivity contribution in [3.05, 3.63) is 84.0 Å². The Kier molecular flexibility index (Phi) is 9.63. The lowest BCUT2D eigenvalue weighted by Gasteiger charge is -2.27. The van der Waals surface area contributed by atoms with Crippen LogP contribution in [0.4, 0.5) is 0 Å². The van der Waals surface area contributed by atoms with Crippen LogP contribution in [-0.2, 0) is 19.7 Å². The first-order chi connectivity index (χ1) is 16.0. The molecule has 0 heterocycles. The molecule has 0 aliphatic heterocycles. The monoisotopic (exact) mass is 466 g/mol. The molecule has 34 heavy (non-hydrogen) atoms. The van der Waals surface area contributed by atoms with Crippen LogP contribution < -0.4 is 9.47 Å². The molecule has 0 aliphatic rings. The van der Waals surface area contributed by atoms with Crippen molar-refractivity contribution < 1.29 is 28.9 Å². The van der Waals surface area contributed by atoms with Gasteiger partial charge in [0.25, 0.3) is 0 Å². The molecule has 0 aromatic heterocycles. The number of carbonyl (C=O) groups is 2. The third-order valence-electron chi connectivity index (χ3n) is 5.40. The molecule has 2 aromatic rings. The van der Waals surface area contributed by atoms with Crippen LogP contribution in [0.1, 0.15) is 45.2 Å². The van der Waals surface area contributed by atoms with Gasteiger partial charge in [-0.3, -0.25) is 4.79 Å². The number of benzene rings is 2. The molecule has 0 fully saturated rings. The van der Waals surface area contributed by atoms with Crippen LogP contribution >= 0.6 is 0 Å². The average Bonchev–Trinajstić information content (AvgIpc) is 2.81. The van der Waals surface area contributed by atoms with E-state index in [1.54, 1.807) is 13.8 Å². The van der Waals surface area contributed by atoms with Crippen molar-refractivity contribution in [2.45, 2.75) is 45.6 Å². The Morgan fingerprint density at radius 1 is 0.912 bits per heavy atom. The van der Waals surface area contributed by atoms with Crippen molar-refractivity contribution in [1.29, 1.82) is 0 Å². The molecular weight excluding hydrogens is 432 g/mol. The molecule has 0 saturated carbocycles. The average molecular weight is 467 g/mol. The third kappa shape index (κ3) is 7.89. The van der Waals surface area contributed by atoms with Crippen LogP contribution in [0.5, 0.6) is 11.5 Å². The summed E-state index contributed by atoms with van der Waals surface area (Å²) >= 11 is 0. The summed E-state index contributed by atoms with van der Waals surface area (Å²) in [6.07, 6.45) is -0.636. The van der Waals surface area contributed by atoms with Crippen molar-refractivity contribution >= 4 is 11.8 Å². The van der Waals surface area contributed by atoms with E-state index in [4.69, 9.17) is 14.2 Å². The van der Waals surface area contributed by atoms with Gasteiger partial charge in [-0.05, 0) is 54.8 Å². The first kappa shape index (κ1) is 26.9. The summed E-state index contributed by atoms with van der Waals surface area (Å²) in [5, 5.41) is 9.95. The number of ketones is 1. The number of aliphatic hydroxyl groups is 1. The van der Waals surface area contributed by atoms with Gasteiger partial charge < -0.3 is 19.3 Å². The van der Waals surface area contributed by atoms with E-state index in [0.717, 1.165) is 11.1 Å². The summed E-state index contributed by atoms with van der Waals surface area (Å²) in [4.78, 5) is 23.1. The van der Waals surface area contributed by atoms with E-state index < -0.39 is 12.1 Å². The number of rotatable bonds is 13. The minimum absolute atomic E-state index is 0.000521. The highest BCUT2D eigenvalue weighted by molar-refractivity contribution is 5.94. The Bertz CT molecular complexity index is 1020. The number of aliphatic hydroxyl groups excluding tert-OH is 1. The van der Waals surface area contributed by atoms with Crippen LogP contribution in [0.15, 0.2) is 72.8 Å². The summed E-state index contributed by atoms with van der Waals surface area (Å²) in [7, 11) is 0. The highest BCUT2D eigenvalue weighted by atomic mass is 16.5. The number of hydrogen-bond acceptors (Lipinski definition) is 6. The Balaban J connectivity index is 1.96. The summed E-state index contributed by atoms with van der Waals surface area (Å²) in [6, 6.07) is 15.5. The maximum Gasteiger partial charge on any atom is 0.333 e. The normalized spacial score (nSPS) is 11.9. The fraction of sp³-hybridized carbons (Fsp3) is 0.357.